The summed E-state index contributed by atoms with van der Waals surface area (Å²) in [7, 11) is -2.95. The zero-order valence-electron chi connectivity index (χ0n) is 15.3. The van der Waals surface area contributed by atoms with Gasteiger partial charge in [0.25, 0.3) is 5.91 Å². The molecule has 0 unspecified atom stereocenters. The zero-order valence-corrected chi connectivity index (χ0v) is 17.0. The van der Waals surface area contributed by atoms with Gasteiger partial charge in [-0.15, -0.1) is 0 Å². The minimum atomic E-state index is -2.95. The van der Waals surface area contributed by atoms with E-state index in [-0.39, 0.29) is 34.7 Å². The van der Waals surface area contributed by atoms with E-state index in [1.165, 1.54) is 11.8 Å². The van der Waals surface area contributed by atoms with Crippen molar-refractivity contribution in [2.75, 3.05) is 16.8 Å². The standard InChI is InChI=1S/C20H21N3O3S2/c1-13(14-5-3-2-4-6-14)21-19(24)15-7-9-16(10-8-15)22-20-23-17-11-28(25,26)12-18(17)27-20/h2-10,13,17-18H,11-12H2,1H3,(H,21,24)(H,22,23)/t13-,17-,18+/m0/s1. The summed E-state index contributed by atoms with van der Waals surface area (Å²) >= 11 is 1.48. The molecule has 0 spiro atoms. The van der Waals surface area contributed by atoms with Crippen molar-refractivity contribution in [1.82, 2.24) is 5.32 Å². The summed E-state index contributed by atoms with van der Waals surface area (Å²) in [5, 5.41) is 6.96. The summed E-state index contributed by atoms with van der Waals surface area (Å²) in [4.78, 5) is 16.9. The van der Waals surface area contributed by atoms with Crippen LogP contribution in [0.2, 0.25) is 0 Å². The third-order valence-electron chi connectivity index (χ3n) is 4.86. The Morgan fingerprint density at radius 2 is 1.82 bits per heavy atom. The van der Waals surface area contributed by atoms with Gasteiger partial charge in [0.2, 0.25) is 0 Å². The first-order valence-corrected chi connectivity index (χ1v) is 11.8. The minimum Gasteiger partial charge on any atom is -0.346 e. The van der Waals surface area contributed by atoms with Gasteiger partial charge in [0.1, 0.15) is 0 Å². The summed E-state index contributed by atoms with van der Waals surface area (Å²) in [5.41, 5.74) is 2.46. The Bertz CT molecular complexity index is 1000. The highest BCUT2D eigenvalue weighted by Crippen LogP contribution is 2.34. The number of nitrogens with one attached hydrogen (secondary N) is 2. The van der Waals surface area contributed by atoms with Gasteiger partial charge in [-0.05, 0) is 36.8 Å². The number of anilines is 1. The number of benzene rings is 2. The summed E-state index contributed by atoms with van der Waals surface area (Å²) in [5.74, 6) is 0.194. The van der Waals surface area contributed by atoms with Crippen molar-refractivity contribution in [2.24, 2.45) is 4.99 Å². The van der Waals surface area contributed by atoms with E-state index in [4.69, 9.17) is 0 Å². The molecule has 146 valence electrons. The Kier molecular flexibility index (Phi) is 5.16. The van der Waals surface area contributed by atoms with Crippen LogP contribution in [0.4, 0.5) is 5.69 Å². The number of amidine groups is 1. The van der Waals surface area contributed by atoms with E-state index in [1.54, 1.807) is 12.1 Å². The molecule has 2 aliphatic rings. The lowest BCUT2D eigenvalue weighted by Crippen LogP contribution is -2.26. The van der Waals surface area contributed by atoms with Crippen molar-refractivity contribution in [3.63, 3.8) is 0 Å². The molecule has 0 radical (unpaired) electrons. The van der Waals surface area contributed by atoms with Crippen LogP contribution >= 0.6 is 11.8 Å². The van der Waals surface area contributed by atoms with Crippen molar-refractivity contribution in [2.45, 2.75) is 24.3 Å². The molecule has 28 heavy (non-hydrogen) atoms. The molecule has 0 bridgehead atoms. The third-order valence-corrected chi connectivity index (χ3v) is 8.01. The molecule has 1 saturated heterocycles. The van der Waals surface area contributed by atoms with E-state index in [2.05, 4.69) is 15.6 Å². The van der Waals surface area contributed by atoms with Gasteiger partial charge in [-0.1, -0.05) is 42.1 Å². The van der Waals surface area contributed by atoms with Crippen molar-refractivity contribution < 1.29 is 13.2 Å². The maximum absolute atomic E-state index is 12.5. The molecule has 2 heterocycles. The van der Waals surface area contributed by atoms with Crippen LogP contribution in [-0.2, 0) is 9.84 Å². The molecule has 0 saturated carbocycles. The number of rotatable bonds is 4. The van der Waals surface area contributed by atoms with Gasteiger partial charge >= 0.3 is 0 Å². The molecule has 1 amide bonds. The number of amides is 1. The fraction of sp³-hybridized carbons (Fsp3) is 0.300. The highest BCUT2D eigenvalue weighted by molar-refractivity contribution is 8.15. The molecule has 2 aromatic rings. The molecule has 3 atom stereocenters. The van der Waals surface area contributed by atoms with Gasteiger partial charge in [0, 0.05) is 16.5 Å². The second kappa shape index (κ2) is 7.60. The van der Waals surface area contributed by atoms with Gasteiger partial charge in [-0.25, -0.2) is 8.42 Å². The topological polar surface area (TPSA) is 87.6 Å². The van der Waals surface area contributed by atoms with Crippen molar-refractivity contribution in [3.05, 3.63) is 65.7 Å². The smallest absolute Gasteiger partial charge is 0.251 e. The van der Waals surface area contributed by atoms with Gasteiger partial charge in [0.05, 0.1) is 23.6 Å². The molecule has 0 aliphatic carbocycles. The Balaban J connectivity index is 1.36. The first kappa shape index (κ1) is 19.0. The van der Waals surface area contributed by atoms with E-state index < -0.39 is 9.84 Å². The van der Waals surface area contributed by atoms with Crippen molar-refractivity contribution in [3.8, 4) is 0 Å². The molecule has 2 aliphatic heterocycles. The number of hydrogen-bond donors (Lipinski definition) is 2. The first-order valence-electron chi connectivity index (χ1n) is 9.07. The fourth-order valence-electron chi connectivity index (χ4n) is 3.35. The molecule has 0 aromatic heterocycles. The van der Waals surface area contributed by atoms with Gasteiger partial charge < -0.3 is 10.6 Å². The molecule has 4 rings (SSSR count). The van der Waals surface area contributed by atoms with Crippen molar-refractivity contribution >= 4 is 38.4 Å². The van der Waals surface area contributed by atoms with E-state index in [0.29, 0.717) is 5.56 Å². The number of fused-ring (bicyclic) bond motifs is 1. The number of aliphatic imine (C=N–C) groups is 1. The van der Waals surface area contributed by atoms with E-state index in [9.17, 15) is 13.2 Å². The van der Waals surface area contributed by atoms with Gasteiger partial charge in [-0.3, -0.25) is 9.79 Å². The molecular formula is C20H21N3O3S2. The van der Waals surface area contributed by atoms with Crippen LogP contribution in [0.3, 0.4) is 0 Å². The molecule has 1 fully saturated rings. The largest absolute Gasteiger partial charge is 0.346 e. The average Bonchev–Trinajstić information content (AvgIpc) is 3.15. The van der Waals surface area contributed by atoms with E-state index in [1.807, 2.05) is 49.4 Å². The van der Waals surface area contributed by atoms with E-state index in [0.717, 1.165) is 16.4 Å². The van der Waals surface area contributed by atoms with Gasteiger partial charge in [-0.2, -0.15) is 0 Å². The number of nitrogens with zero attached hydrogens (tertiary/aromatic N) is 1. The normalized spacial score (nSPS) is 23.5. The highest BCUT2D eigenvalue weighted by Gasteiger charge is 2.42. The summed E-state index contributed by atoms with van der Waals surface area (Å²) in [6.45, 7) is 1.95. The van der Waals surface area contributed by atoms with E-state index >= 15 is 0 Å². The Labute approximate surface area is 168 Å². The SMILES string of the molecule is C[C@H](NC(=O)c1ccc(NC2=N[C@H]3CS(=O)(=O)C[C@H]3S2)cc1)c1ccccc1. The first-order chi connectivity index (χ1) is 13.4. The second-order valence-electron chi connectivity index (χ2n) is 7.04. The monoisotopic (exact) mass is 415 g/mol. The van der Waals surface area contributed by atoms with Gasteiger partial charge in [0.15, 0.2) is 15.0 Å². The van der Waals surface area contributed by atoms with Crippen LogP contribution < -0.4 is 10.6 Å². The van der Waals surface area contributed by atoms with Crippen LogP contribution in [-0.4, -0.2) is 42.3 Å². The van der Waals surface area contributed by atoms with Crippen LogP contribution in [0.5, 0.6) is 0 Å². The van der Waals surface area contributed by atoms with Crippen LogP contribution in [0.25, 0.3) is 0 Å². The lowest BCUT2D eigenvalue weighted by atomic mass is 10.1. The lowest BCUT2D eigenvalue weighted by molar-refractivity contribution is 0.0940. The predicted octanol–water partition coefficient (Wildman–Crippen LogP) is 2.86. The van der Waals surface area contributed by atoms with Crippen LogP contribution in [0.15, 0.2) is 59.6 Å². The summed E-state index contributed by atoms with van der Waals surface area (Å²) in [6.07, 6.45) is 0. The maximum Gasteiger partial charge on any atom is 0.251 e. The van der Waals surface area contributed by atoms with Crippen LogP contribution in [0.1, 0.15) is 28.9 Å². The summed E-state index contributed by atoms with van der Waals surface area (Å²) < 4.78 is 23.3. The minimum absolute atomic E-state index is 0.0111. The number of carbonyl (C=O) groups excluding carboxylic acids is 1. The van der Waals surface area contributed by atoms with Crippen LogP contribution in [0, 0.1) is 0 Å². The molecule has 6 nitrogen and oxygen atoms in total. The fourth-order valence-corrected chi connectivity index (χ4v) is 7.03. The third kappa shape index (κ3) is 4.23. The average molecular weight is 416 g/mol. The highest BCUT2D eigenvalue weighted by atomic mass is 32.2. The molecule has 2 N–H and O–H groups in total. The quantitative estimate of drug-likeness (QED) is 0.802. The lowest BCUT2D eigenvalue weighted by Gasteiger charge is -2.14. The molecular weight excluding hydrogens is 394 g/mol. The molecule has 2 aromatic carbocycles. The number of hydrogen-bond acceptors (Lipinski definition) is 6. The number of sulfone groups is 1. The maximum atomic E-state index is 12.5. The summed E-state index contributed by atoms with van der Waals surface area (Å²) in [6, 6.07) is 16.8. The Hall–Kier alpha value is -2.32. The Morgan fingerprint density at radius 1 is 1.11 bits per heavy atom. The van der Waals surface area contributed by atoms with Crippen molar-refractivity contribution in [1.29, 1.82) is 0 Å². The number of thioether (sulfide) groups is 1. The second-order valence-corrected chi connectivity index (χ2v) is 10.4. The number of carbonyl (C=O) groups is 1. The zero-order chi connectivity index (χ0) is 19.7. The molecule has 8 heteroatoms. The Morgan fingerprint density at radius 3 is 2.50 bits per heavy atom. The predicted molar refractivity (Wildman–Crippen MR) is 114 cm³/mol.